The van der Waals surface area contributed by atoms with Crippen LogP contribution < -0.4 is 0 Å². The Morgan fingerprint density at radius 2 is 1.85 bits per heavy atom. The largest absolute Gasteiger partial charge is 0.392 e. The maximum absolute atomic E-state index is 9.16. The van der Waals surface area contributed by atoms with E-state index in [1.54, 1.807) is 0 Å². The predicted octanol–water partition coefficient (Wildman–Crippen LogP) is 2.86. The summed E-state index contributed by atoms with van der Waals surface area (Å²) >= 11 is 0. The Kier molecular flexibility index (Phi) is 2.47. The van der Waals surface area contributed by atoms with E-state index < -0.39 is 0 Å². The SMILES string of the molecule is OCc1ccc(C2c3ccccc3-n3cncc32)cc1. The van der Waals surface area contributed by atoms with E-state index in [2.05, 4.69) is 45.9 Å². The zero-order valence-corrected chi connectivity index (χ0v) is 10.9. The van der Waals surface area contributed by atoms with E-state index in [1.807, 2.05) is 24.7 Å². The smallest absolute Gasteiger partial charge is 0.0994 e. The molecule has 1 atom stereocenters. The molecule has 1 aliphatic rings. The van der Waals surface area contributed by atoms with E-state index in [0.29, 0.717) is 0 Å². The number of aliphatic hydroxyl groups is 1. The summed E-state index contributed by atoms with van der Waals surface area (Å²) in [6.45, 7) is 0.0828. The molecule has 2 aromatic carbocycles. The van der Waals surface area contributed by atoms with Gasteiger partial charge in [-0.2, -0.15) is 0 Å². The van der Waals surface area contributed by atoms with Gasteiger partial charge in [0.1, 0.15) is 0 Å². The number of nitrogens with zero attached hydrogens (tertiary/aromatic N) is 2. The van der Waals surface area contributed by atoms with Crippen LogP contribution in [0.3, 0.4) is 0 Å². The normalized spacial score (nSPS) is 15.9. The highest BCUT2D eigenvalue weighted by atomic mass is 16.3. The number of para-hydroxylation sites is 1. The van der Waals surface area contributed by atoms with Crippen molar-refractivity contribution in [1.82, 2.24) is 9.55 Å². The lowest BCUT2D eigenvalue weighted by atomic mass is 9.90. The van der Waals surface area contributed by atoms with Gasteiger partial charge in [0.25, 0.3) is 0 Å². The van der Waals surface area contributed by atoms with Crippen molar-refractivity contribution in [3.63, 3.8) is 0 Å². The predicted molar refractivity (Wildman–Crippen MR) is 76.9 cm³/mol. The Morgan fingerprint density at radius 3 is 2.65 bits per heavy atom. The molecule has 0 saturated carbocycles. The van der Waals surface area contributed by atoms with Gasteiger partial charge in [0, 0.05) is 6.20 Å². The van der Waals surface area contributed by atoms with Gasteiger partial charge in [0.2, 0.25) is 0 Å². The molecule has 3 heteroatoms. The van der Waals surface area contributed by atoms with E-state index in [-0.39, 0.29) is 12.5 Å². The Bertz CT molecular complexity index is 759. The maximum Gasteiger partial charge on any atom is 0.0994 e. The zero-order chi connectivity index (χ0) is 13.5. The second kappa shape index (κ2) is 4.32. The first-order valence-corrected chi connectivity index (χ1v) is 6.70. The number of benzene rings is 2. The van der Waals surface area contributed by atoms with Crippen molar-refractivity contribution in [3.8, 4) is 5.69 Å². The summed E-state index contributed by atoms with van der Waals surface area (Å²) in [6, 6.07) is 16.6. The fourth-order valence-electron chi connectivity index (χ4n) is 3.00. The summed E-state index contributed by atoms with van der Waals surface area (Å²) < 4.78 is 2.15. The average molecular weight is 262 g/mol. The lowest BCUT2D eigenvalue weighted by Crippen LogP contribution is -1.99. The first-order chi connectivity index (χ1) is 9.88. The summed E-state index contributed by atoms with van der Waals surface area (Å²) in [5, 5.41) is 9.16. The molecule has 4 rings (SSSR count). The molecule has 3 nitrogen and oxygen atoms in total. The monoisotopic (exact) mass is 262 g/mol. The highest BCUT2D eigenvalue weighted by molar-refractivity contribution is 5.57. The van der Waals surface area contributed by atoms with Crippen LogP contribution in [0.5, 0.6) is 0 Å². The number of fused-ring (bicyclic) bond motifs is 3. The number of rotatable bonds is 2. The molecule has 0 aliphatic carbocycles. The zero-order valence-electron chi connectivity index (χ0n) is 10.9. The van der Waals surface area contributed by atoms with Gasteiger partial charge in [-0.1, -0.05) is 42.5 Å². The molecule has 0 radical (unpaired) electrons. The third kappa shape index (κ3) is 1.53. The first kappa shape index (κ1) is 11.4. The molecule has 0 saturated heterocycles. The van der Waals surface area contributed by atoms with Crippen LogP contribution in [0.1, 0.15) is 28.3 Å². The lowest BCUT2D eigenvalue weighted by molar-refractivity contribution is 0.282. The lowest BCUT2D eigenvalue weighted by Gasteiger charge is -2.12. The Morgan fingerprint density at radius 1 is 1.05 bits per heavy atom. The number of hydrogen-bond donors (Lipinski definition) is 1. The molecule has 1 aliphatic heterocycles. The summed E-state index contributed by atoms with van der Waals surface area (Å²) in [5.41, 5.74) is 5.88. The Balaban J connectivity index is 1.89. The van der Waals surface area contributed by atoms with Crippen LogP contribution >= 0.6 is 0 Å². The minimum absolute atomic E-state index is 0.0828. The van der Waals surface area contributed by atoms with E-state index in [0.717, 1.165) is 5.56 Å². The molecule has 20 heavy (non-hydrogen) atoms. The van der Waals surface area contributed by atoms with Crippen molar-refractivity contribution in [3.05, 3.63) is 83.4 Å². The van der Waals surface area contributed by atoms with Crippen LogP contribution in [0, 0.1) is 0 Å². The van der Waals surface area contributed by atoms with Gasteiger partial charge in [-0.3, -0.25) is 0 Å². The fourth-order valence-corrected chi connectivity index (χ4v) is 3.00. The molecule has 3 aromatic rings. The van der Waals surface area contributed by atoms with E-state index in [1.165, 1.54) is 22.5 Å². The minimum atomic E-state index is 0.0828. The highest BCUT2D eigenvalue weighted by Gasteiger charge is 2.29. The molecule has 1 unspecified atom stereocenters. The van der Waals surface area contributed by atoms with Gasteiger partial charge in [-0.25, -0.2) is 4.98 Å². The molecule has 0 bridgehead atoms. The first-order valence-electron chi connectivity index (χ1n) is 6.70. The van der Waals surface area contributed by atoms with Gasteiger partial charge < -0.3 is 9.67 Å². The fraction of sp³-hybridized carbons (Fsp3) is 0.118. The van der Waals surface area contributed by atoms with Crippen LogP contribution in [-0.4, -0.2) is 14.7 Å². The quantitative estimate of drug-likeness (QED) is 0.603. The molecule has 1 N–H and O–H groups in total. The van der Waals surface area contributed by atoms with Gasteiger partial charge >= 0.3 is 0 Å². The van der Waals surface area contributed by atoms with Gasteiger partial charge in [-0.15, -0.1) is 0 Å². The van der Waals surface area contributed by atoms with Crippen LogP contribution in [0.15, 0.2) is 61.1 Å². The van der Waals surface area contributed by atoms with Crippen molar-refractivity contribution in [1.29, 1.82) is 0 Å². The van der Waals surface area contributed by atoms with Crippen LogP contribution in [0.25, 0.3) is 5.69 Å². The Labute approximate surface area is 117 Å². The van der Waals surface area contributed by atoms with Gasteiger partial charge in [0.05, 0.1) is 30.2 Å². The standard InChI is InChI=1S/C17H14N2O/c20-10-12-5-7-13(8-6-12)17-14-3-1-2-4-15(14)19-11-18-9-16(17)19/h1-9,11,17,20H,10H2. The summed E-state index contributed by atoms with van der Waals surface area (Å²) in [6.07, 6.45) is 3.81. The molecule has 0 amide bonds. The number of aliphatic hydroxyl groups excluding tert-OH is 1. The molecule has 0 fully saturated rings. The van der Waals surface area contributed by atoms with Crippen molar-refractivity contribution < 1.29 is 5.11 Å². The molecule has 2 heterocycles. The molecule has 98 valence electrons. The maximum atomic E-state index is 9.16. The van der Waals surface area contributed by atoms with E-state index >= 15 is 0 Å². The number of imidazole rings is 1. The molecular formula is C17H14N2O. The molecular weight excluding hydrogens is 248 g/mol. The topological polar surface area (TPSA) is 38.0 Å². The van der Waals surface area contributed by atoms with Crippen molar-refractivity contribution >= 4 is 0 Å². The number of aromatic nitrogens is 2. The van der Waals surface area contributed by atoms with Gasteiger partial charge in [-0.05, 0) is 22.8 Å². The summed E-state index contributed by atoms with van der Waals surface area (Å²) in [4.78, 5) is 4.28. The minimum Gasteiger partial charge on any atom is -0.392 e. The highest BCUT2D eigenvalue weighted by Crippen LogP contribution is 2.41. The Hall–Kier alpha value is -2.39. The average Bonchev–Trinajstić information content (AvgIpc) is 3.08. The van der Waals surface area contributed by atoms with Crippen molar-refractivity contribution in [2.45, 2.75) is 12.5 Å². The molecule has 0 spiro atoms. The third-order valence-electron chi connectivity index (χ3n) is 3.97. The van der Waals surface area contributed by atoms with Crippen LogP contribution in [-0.2, 0) is 6.61 Å². The van der Waals surface area contributed by atoms with Crippen LogP contribution in [0.2, 0.25) is 0 Å². The van der Waals surface area contributed by atoms with E-state index in [4.69, 9.17) is 5.11 Å². The van der Waals surface area contributed by atoms with Gasteiger partial charge in [0.15, 0.2) is 0 Å². The second-order valence-corrected chi connectivity index (χ2v) is 5.08. The summed E-state index contributed by atoms with van der Waals surface area (Å²) in [7, 11) is 0. The summed E-state index contributed by atoms with van der Waals surface area (Å²) in [5.74, 6) is 0.224. The van der Waals surface area contributed by atoms with Crippen molar-refractivity contribution in [2.75, 3.05) is 0 Å². The second-order valence-electron chi connectivity index (χ2n) is 5.08. The van der Waals surface area contributed by atoms with E-state index in [9.17, 15) is 0 Å². The van der Waals surface area contributed by atoms with Crippen LogP contribution in [0.4, 0.5) is 0 Å². The molecule has 1 aromatic heterocycles. The number of hydrogen-bond acceptors (Lipinski definition) is 2. The van der Waals surface area contributed by atoms with Crippen molar-refractivity contribution in [2.24, 2.45) is 0 Å². The third-order valence-corrected chi connectivity index (χ3v) is 3.97.